The highest BCUT2D eigenvalue weighted by Gasteiger charge is 2.46. The molecular formula is C33H37FN2O4. The van der Waals surface area contributed by atoms with E-state index >= 15 is 0 Å². The van der Waals surface area contributed by atoms with Crippen LogP contribution < -0.4 is 9.64 Å². The van der Waals surface area contributed by atoms with Crippen molar-refractivity contribution >= 4 is 23.1 Å². The summed E-state index contributed by atoms with van der Waals surface area (Å²) in [6, 6.07) is 18.1. The summed E-state index contributed by atoms with van der Waals surface area (Å²) in [7, 11) is 0. The molecule has 1 unspecified atom stereocenters. The van der Waals surface area contributed by atoms with E-state index in [0.29, 0.717) is 29.0 Å². The summed E-state index contributed by atoms with van der Waals surface area (Å²) >= 11 is 0. The van der Waals surface area contributed by atoms with Crippen LogP contribution in [0.3, 0.4) is 0 Å². The molecule has 1 N–H and O–H groups in total. The van der Waals surface area contributed by atoms with E-state index in [4.69, 9.17) is 4.74 Å². The second-order valence-corrected chi connectivity index (χ2v) is 10.2. The van der Waals surface area contributed by atoms with Gasteiger partial charge in [0.1, 0.15) is 17.3 Å². The average Bonchev–Trinajstić information content (AvgIpc) is 3.20. The van der Waals surface area contributed by atoms with Gasteiger partial charge < -0.3 is 19.6 Å². The van der Waals surface area contributed by atoms with E-state index < -0.39 is 17.7 Å². The smallest absolute Gasteiger partial charge is 0.295 e. The summed E-state index contributed by atoms with van der Waals surface area (Å²) in [5.41, 5.74) is 3.77. The van der Waals surface area contributed by atoms with Gasteiger partial charge >= 0.3 is 0 Å². The van der Waals surface area contributed by atoms with E-state index in [1.807, 2.05) is 51.1 Å². The van der Waals surface area contributed by atoms with Gasteiger partial charge in [0, 0.05) is 30.9 Å². The van der Waals surface area contributed by atoms with Crippen molar-refractivity contribution in [3.05, 3.63) is 100 Å². The molecule has 1 atom stereocenters. The number of ether oxygens (including phenoxy) is 1. The Bertz CT molecular complexity index is 1390. The Hall–Kier alpha value is -4.13. The minimum atomic E-state index is -0.815. The Balaban J connectivity index is 1.85. The molecule has 1 amide bonds. The fraction of sp³-hybridized carbons (Fsp3) is 0.333. The van der Waals surface area contributed by atoms with Gasteiger partial charge in [-0.3, -0.25) is 9.59 Å². The van der Waals surface area contributed by atoms with Crippen molar-refractivity contribution in [1.82, 2.24) is 4.90 Å². The highest BCUT2D eigenvalue weighted by molar-refractivity contribution is 6.46. The molecule has 0 bridgehead atoms. The zero-order chi connectivity index (χ0) is 29.0. The number of Topliss-reactive ketones (excluding diaryl/α,β-unsaturated/α-hetero) is 1. The molecular weight excluding hydrogens is 507 g/mol. The molecule has 6 nitrogen and oxygen atoms in total. The number of carbonyl (C=O) groups excluding carboxylic acids is 2. The Labute approximate surface area is 235 Å². The number of hydrogen-bond donors (Lipinski definition) is 1. The second-order valence-electron chi connectivity index (χ2n) is 10.2. The lowest BCUT2D eigenvalue weighted by Gasteiger charge is -2.27. The minimum absolute atomic E-state index is 0.0292. The van der Waals surface area contributed by atoms with Crippen molar-refractivity contribution in [3.8, 4) is 5.75 Å². The molecule has 1 aliphatic rings. The molecule has 7 heteroatoms. The summed E-state index contributed by atoms with van der Waals surface area (Å²) in [5.74, 6) is -1.25. The lowest BCUT2D eigenvalue weighted by Crippen LogP contribution is -2.29. The maximum atomic E-state index is 13.6. The summed E-state index contributed by atoms with van der Waals surface area (Å²) in [6.45, 7) is 12.4. The monoisotopic (exact) mass is 544 g/mol. The largest absolute Gasteiger partial charge is 0.507 e. The number of likely N-dealkylation sites (tertiary alicyclic amines) is 1. The maximum absolute atomic E-state index is 13.6. The highest BCUT2D eigenvalue weighted by Crippen LogP contribution is 2.41. The Morgan fingerprint density at radius 2 is 1.62 bits per heavy atom. The van der Waals surface area contributed by atoms with Crippen molar-refractivity contribution in [2.75, 3.05) is 24.6 Å². The third-order valence-corrected chi connectivity index (χ3v) is 7.35. The van der Waals surface area contributed by atoms with E-state index in [9.17, 15) is 19.1 Å². The molecule has 1 heterocycles. The fourth-order valence-electron chi connectivity index (χ4n) is 5.22. The summed E-state index contributed by atoms with van der Waals surface area (Å²) in [4.78, 5) is 30.6. The van der Waals surface area contributed by atoms with Crippen molar-refractivity contribution in [2.45, 2.75) is 53.1 Å². The van der Waals surface area contributed by atoms with Crippen LogP contribution in [0, 0.1) is 5.82 Å². The first-order valence-corrected chi connectivity index (χ1v) is 13.8. The number of benzene rings is 3. The molecule has 0 aliphatic carbocycles. The first kappa shape index (κ1) is 28.9. The maximum Gasteiger partial charge on any atom is 0.295 e. The number of anilines is 1. The van der Waals surface area contributed by atoms with Crippen LogP contribution in [0.1, 0.15) is 68.8 Å². The Morgan fingerprint density at radius 3 is 2.20 bits per heavy atom. The van der Waals surface area contributed by atoms with Crippen molar-refractivity contribution < 1.29 is 23.8 Å². The molecule has 3 aromatic rings. The lowest BCUT2D eigenvalue weighted by atomic mass is 9.93. The number of ketones is 1. The fourth-order valence-corrected chi connectivity index (χ4v) is 5.22. The van der Waals surface area contributed by atoms with E-state index in [2.05, 4.69) is 18.7 Å². The molecule has 0 spiro atoms. The molecule has 210 valence electrons. The van der Waals surface area contributed by atoms with Crippen LogP contribution in [0.5, 0.6) is 5.75 Å². The predicted octanol–water partition coefficient (Wildman–Crippen LogP) is 6.82. The number of rotatable bonds is 10. The van der Waals surface area contributed by atoms with Crippen molar-refractivity contribution in [2.24, 2.45) is 0 Å². The third kappa shape index (κ3) is 5.74. The van der Waals surface area contributed by atoms with Gasteiger partial charge in [0.05, 0.1) is 18.2 Å². The molecule has 0 saturated carbocycles. The number of aliphatic hydroxyl groups is 1. The predicted molar refractivity (Wildman–Crippen MR) is 156 cm³/mol. The highest BCUT2D eigenvalue weighted by atomic mass is 19.1. The zero-order valence-corrected chi connectivity index (χ0v) is 23.8. The van der Waals surface area contributed by atoms with Gasteiger partial charge in [-0.1, -0.05) is 38.1 Å². The van der Waals surface area contributed by atoms with E-state index in [1.165, 1.54) is 17.0 Å². The van der Waals surface area contributed by atoms with Gasteiger partial charge in [0.2, 0.25) is 0 Å². The molecule has 40 heavy (non-hydrogen) atoms. The van der Waals surface area contributed by atoms with Gasteiger partial charge in [-0.15, -0.1) is 0 Å². The van der Waals surface area contributed by atoms with Crippen LogP contribution >= 0.6 is 0 Å². The van der Waals surface area contributed by atoms with E-state index in [1.54, 1.807) is 24.3 Å². The van der Waals surface area contributed by atoms with Crippen molar-refractivity contribution in [1.29, 1.82) is 0 Å². The number of hydrogen-bond acceptors (Lipinski definition) is 5. The molecule has 1 aliphatic heterocycles. The molecule has 1 fully saturated rings. The van der Waals surface area contributed by atoms with Gasteiger partial charge in [-0.25, -0.2) is 4.39 Å². The first-order chi connectivity index (χ1) is 19.2. The minimum Gasteiger partial charge on any atom is -0.507 e. The number of aliphatic hydroxyl groups excluding tert-OH is 1. The van der Waals surface area contributed by atoms with E-state index in [-0.39, 0.29) is 29.6 Å². The Morgan fingerprint density at radius 1 is 0.975 bits per heavy atom. The summed E-state index contributed by atoms with van der Waals surface area (Å²) < 4.78 is 19.3. The molecule has 4 rings (SSSR count). The van der Waals surface area contributed by atoms with Crippen LogP contribution in [0.2, 0.25) is 0 Å². The van der Waals surface area contributed by atoms with Crippen LogP contribution in [0.4, 0.5) is 10.1 Å². The third-order valence-electron chi connectivity index (χ3n) is 7.35. The molecule has 1 saturated heterocycles. The standard InChI is InChI=1S/C33H37FN2O4/c1-6-35(7-2)26-16-11-23(12-17-26)30-29(31(37)24-13-18-28(40-8-3)27(19-24)21(4)5)32(38)33(39)36(30)20-22-9-14-25(34)15-10-22/h9-19,21,30,37H,6-8,20H2,1-5H3/b31-29-. The summed E-state index contributed by atoms with van der Waals surface area (Å²) in [5, 5.41) is 11.6. The van der Waals surface area contributed by atoms with E-state index in [0.717, 1.165) is 24.3 Å². The lowest BCUT2D eigenvalue weighted by molar-refractivity contribution is -0.140. The SMILES string of the molecule is CCOc1ccc(/C(O)=C2/C(=O)C(=O)N(Cc3ccc(F)cc3)C2c2ccc(N(CC)CC)cc2)cc1C(C)C. The van der Waals surface area contributed by atoms with Crippen LogP contribution in [0.15, 0.2) is 72.3 Å². The number of halogens is 1. The topological polar surface area (TPSA) is 70.1 Å². The number of carbonyl (C=O) groups is 2. The quantitative estimate of drug-likeness (QED) is 0.172. The molecule has 0 aromatic heterocycles. The van der Waals surface area contributed by atoms with Crippen LogP contribution in [-0.4, -0.2) is 41.4 Å². The summed E-state index contributed by atoms with van der Waals surface area (Å²) in [6.07, 6.45) is 0. The number of nitrogens with zero attached hydrogens (tertiary/aromatic N) is 2. The number of amides is 1. The second kappa shape index (κ2) is 12.4. The molecule has 3 aromatic carbocycles. The van der Waals surface area contributed by atoms with Gasteiger partial charge in [-0.05, 0) is 85.8 Å². The van der Waals surface area contributed by atoms with Gasteiger partial charge in [0.25, 0.3) is 11.7 Å². The Kier molecular flexibility index (Phi) is 8.93. The zero-order valence-electron chi connectivity index (χ0n) is 23.8. The molecule has 0 radical (unpaired) electrons. The van der Waals surface area contributed by atoms with Crippen LogP contribution in [0.25, 0.3) is 5.76 Å². The van der Waals surface area contributed by atoms with Gasteiger partial charge in [0.15, 0.2) is 0 Å². The van der Waals surface area contributed by atoms with Crippen molar-refractivity contribution in [3.63, 3.8) is 0 Å². The van der Waals surface area contributed by atoms with Gasteiger partial charge in [-0.2, -0.15) is 0 Å². The normalized spacial score (nSPS) is 16.6. The first-order valence-electron chi connectivity index (χ1n) is 13.8. The van der Waals surface area contributed by atoms with Crippen LogP contribution in [-0.2, 0) is 16.1 Å². The average molecular weight is 545 g/mol.